The molecule has 0 saturated carbocycles. The smallest absolute Gasteiger partial charge is 0.306 e. The number of ether oxygens (including phenoxy) is 3. The van der Waals surface area contributed by atoms with E-state index in [1.165, 1.54) is 64.2 Å². The van der Waals surface area contributed by atoms with E-state index in [1.807, 2.05) is 48.6 Å². The highest BCUT2D eigenvalue weighted by atomic mass is 16.6. The molecule has 6 nitrogen and oxygen atoms in total. The predicted octanol–water partition coefficient (Wildman–Crippen LogP) is 16.5. The Hall–Kier alpha value is -4.19. The van der Waals surface area contributed by atoms with Crippen molar-refractivity contribution < 1.29 is 28.6 Å². The molecule has 0 saturated heterocycles. The van der Waals surface area contributed by atoms with Gasteiger partial charge in [-0.05, 0) is 77.0 Å². The van der Waals surface area contributed by atoms with Gasteiger partial charge in [0.05, 0.1) is 0 Å². The van der Waals surface area contributed by atoms with Crippen LogP contribution in [0.25, 0.3) is 0 Å². The molecule has 0 amide bonds. The fraction of sp³-hybridized carbons (Fsp3) is 0.596. The van der Waals surface area contributed by atoms with E-state index in [2.05, 4.69) is 93.7 Å². The minimum atomic E-state index is -0.824. The minimum absolute atomic E-state index is 0.115. The first-order chi connectivity index (χ1) is 31.0. The van der Waals surface area contributed by atoms with Crippen LogP contribution in [0.4, 0.5) is 0 Å². The third-order valence-electron chi connectivity index (χ3n) is 10.1. The first-order valence-corrected chi connectivity index (χ1v) is 25.1. The summed E-state index contributed by atoms with van der Waals surface area (Å²) in [6.45, 7) is 6.27. The lowest BCUT2D eigenvalue weighted by Gasteiger charge is -2.18. The molecule has 0 bridgehead atoms. The third-order valence-corrected chi connectivity index (χ3v) is 10.1. The van der Waals surface area contributed by atoms with Crippen LogP contribution in [0.3, 0.4) is 0 Å². The molecule has 0 aliphatic rings. The zero-order valence-corrected chi connectivity index (χ0v) is 40.3. The standard InChI is InChI=1S/C57H90O6/c1-4-7-10-13-16-19-22-25-27-28-30-32-35-38-41-44-47-50-56(59)62-53-54(52-61-55(58)49-46-43-40-37-34-31-24-21-18-15-12-9-6-3)63-57(60)51-48-45-42-39-36-33-29-26-23-20-17-14-11-8-5-2/h7-8,10-11,14,16-17,19-20,23,25-27,29-30,32-33,36,38,41,54H,4-6,9,12-13,15,18,21-22,24,28,31,34-35,37,39-40,42-53H2,1-3H3/b10-7-,11-8-,17-14-,19-16-,23-20-,27-25-,29-26-,32-30-,36-33-,41-38-. The number of carbonyl (C=O) groups excluding carboxylic acids is 3. The van der Waals surface area contributed by atoms with Crippen molar-refractivity contribution in [3.8, 4) is 0 Å². The van der Waals surface area contributed by atoms with E-state index < -0.39 is 6.10 Å². The van der Waals surface area contributed by atoms with Crippen LogP contribution in [0, 0.1) is 0 Å². The Kier molecular flexibility index (Phi) is 47.1. The monoisotopic (exact) mass is 871 g/mol. The second-order valence-corrected chi connectivity index (χ2v) is 16.1. The first kappa shape index (κ1) is 58.8. The molecule has 63 heavy (non-hydrogen) atoms. The Bertz CT molecular complexity index is 1370. The molecule has 0 aromatic carbocycles. The summed E-state index contributed by atoms with van der Waals surface area (Å²) in [5.74, 6) is -1.03. The van der Waals surface area contributed by atoms with Crippen molar-refractivity contribution in [2.24, 2.45) is 0 Å². The van der Waals surface area contributed by atoms with Crippen molar-refractivity contribution in [3.63, 3.8) is 0 Å². The molecule has 0 heterocycles. The molecule has 6 heteroatoms. The van der Waals surface area contributed by atoms with Crippen LogP contribution in [0.1, 0.15) is 201 Å². The highest BCUT2D eigenvalue weighted by molar-refractivity contribution is 5.71. The summed E-state index contributed by atoms with van der Waals surface area (Å²) in [6.07, 6.45) is 69.0. The van der Waals surface area contributed by atoms with Gasteiger partial charge in [0, 0.05) is 19.3 Å². The Balaban J connectivity index is 4.58. The maximum absolute atomic E-state index is 12.8. The number of esters is 3. The second kappa shape index (κ2) is 50.5. The summed E-state index contributed by atoms with van der Waals surface area (Å²) >= 11 is 0. The SMILES string of the molecule is CC\C=C/C=C\C=C/C=C\C=C/CCCCCC(=O)OC(COC(=O)CCC/C=C\C/C=C\C/C=C\C/C=C\C/C=C\CC)COC(=O)CCCCCCCCCCCCCCC. The summed E-state index contributed by atoms with van der Waals surface area (Å²) < 4.78 is 16.7. The van der Waals surface area contributed by atoms with Gasteiger partial charge in [-0.1, -0.05) is 226 Å². The molecule has 0 spiro atoms. The lowest BCUT2D eigenvalue weighted by Crippen LogP contribution is -2.30. The van der Waals surface area contributed by atoms with Crippen molar-refractivity contribution in [3.05, 3.63) is 122 Å². The van der Waals surface area contributed by atoms with Crippen LogP contribution in [0.5, 0.6) is 0 Å². The summed E-state index contributed by atoms with van der Waals surface area (Å²) in [7, 11) is 0. The molecular formula is C57H90O6. The fourth-order valence-electron chi connectivity index (χ4n) is 6.38. The van der Waals surface area contributed by atoms with Crippen LogP contribution < -0.4 is 0 Å². The molecule has 1 unspecified atom stereocenters. The largest absolute Gasteiger partial charge is 0.462 e. The van der Waals surface area contributed by atoms with Crippen LogP contribution in [-0.4, -0.2) is 37.2 Å². The highest BCUT2D eigenvalue weighted by Gasteiger charge is 2.19. The number of carbonyl (C=O) groups is 3. The van der Waals surface area contributed by atoms with Gasteiger partial charge in [-0.3, -0.25) is 14.4 Å². The number of allylic oxidation sites excluding steroid dienone is 20. The van der Waals surface area contributed by atoms with Crippen molar-refractivity contribution in [2.75, 3.05) is 13.2 Å². The molecule has 0 aromatic rings. The summed E-state index contributed by atoms with van der Waals surface area (Å²) in [6, 6.07) is 0. The van der Waals surface area contributed by atoms with E-state index in [4.69, 9.17) is 14.2 Å². The molecule has 0 fully saturated rings. The van der Waals surface area contributed by atoms with Crippen molar-refractivity contribution in [1.82, 2.24) is 0 Å². The summed E-state index contributed by atoms with van der Waals surface area (Å²) in [4.78, 5) is 37.9. The van der Waals surface area contributed by atoms with Gasteiger partial charge in [-0.25, -0.2) is 0 Å². The van der Waals surface area contributed by atoms with E-state index in [1.54, 1.807) is 0 Å². The number of unbranched alkanes of at least 4 members (excludes halogenated alkanes) is 16. The quantitative estimate of drug-likeness (QED) is 0.0200. The lowest BCUT2D eigenvalue weighted by atomic mass is 10.0. The Morgan fingerprint density at radius 3 is 1.21 bits per heavy atom. The van der Waals surface area contributed by atoms with Gasteiger partial charge in [0.25, 0.3) is 0 Å². The molecule has 0 aromatic heterocycles. The van der Waals surface area contributed by atoms with Gasteiger partial charge in [0.2, 0.25) is 0 Å². The maximum Gasteiger partial charge on any atom is 0.306 e. The van der Waals surface area contributed by atoms with Gasteiger partial charge < -0.3 is 14.2 Å². The third kappa shape index (κ3) is 48.7. The molecule has 0 rings (SSSR count). The van der Waals surface area contributed by atoms with Gasteiger partial charge in [0.15, 0.2) is 6.10 Å². The van der Waals surface area contributed by atoms with Crippen LogP contribution >= 0.6 is 0 Å². The van der Waals surface area contributed by atoms with Gasteiger partial charge >= 0.3 is 17.9 Å². The summed E-state index contributed by atoms with van der Waals surface area (Å²) in [5.41, 5.74) is 0. The van der Waals surface area contributed by atoms with Crippen LogP contribution in [-0.2, 0) is 28.6 Å². The molecule has 0 N–H and O–H groups in total. The van der Waals surface area contributed by atoms with E-state index in [0.717, 1.165) is 83.5 Å². The summed E-state index contributed by atoms with van der Waals surface area (Å²) in [5, 5.41) is 0. The van der Waals surface area contributed by atoms with Gasteiger partial charge in [-0.15, -0.1) is 0 Å². The van der Waals surface area contributed by atoms with Gasteiger partial charge in [-0.2, -0.15) is 0 Å². The molecular weight excluding hydrogens is 781 g/mol. The van der Waals surface area contributed by atoms with Gasteiger partial charge in [0.1, 0.15) is 13.2 Å². The first-order valence-electron chi connectivity index (χ1n) is 25.1. The molecule has 0 aliphatic carbocycles. The van der Waals surface area contributed by atoms with Crippen molar-refractivity contribution in [1.29, 1.82) is 0 Å². The lowest BCUT2D eigenvalue weighted by molar-refractivity contribution is -0.167. The average Bonchev–Trinajstić information content (AvgIpc) is 3.28. The van der Waals surface area contributed by atoms with E-state index in [9.17, 15) is 14.4 Å². The maximum atomic E-state index is 12.8. The molecule has 0 aliphatic heterocycles. The number of hydrogen-bond acceptors (Lipinski definition) is 6. The van der Waals surface area contributed by atoms with Crippen LogP contribution in [0.15, 0.2) is 122 Å². The highest BCUT2D eigenvalue weighted by Crippen LogP contribution is 2.14. The fourth-order valence-corrected chi connectivity index (χ4v) is 6.38. The normalized spacial score (nSPS) is 13.1. The Morgan fingerprint density at radius 2 is 0.714 bits per heavy atom. The minimum Gasteiger partial charge on any atom is -0.462 e. The Morgan fingerprint density at radius 1 is 0.349 bits per heavy atom. The zero-order chi connectivity index (χ0) is 45.8. The van der Waals surface area contributed by atoms with E-state index in [-0.39, 0.29) is 44.0 Å². The Labute approximate surface area is 386 Å². The van der Waals surface area contributed by atoms with E-state index >= 15 is 0 Å². The topological polar surface area (TPSA) is 78.9 Å². The molecule has 354 valence electrons. The number of hydrogen-bond donors (Lipinski definition) is 0. The predicted molar refractivity (Wildman–Crippen MR) is 269 cm³/mol. The van der Waals surface area contributed by atoms with Crippen molar-refractivity contribution >= 4 is 17.9 Å². The molecule has 1 atom stereocenters. The van der Waals surface area contributed by atoms with E-state index in [0.29, 0.717) is 19.3 Å². The van der Waals surface area contributed by atoms with Crippen LogP contribution in [0.2, 0.25) is 0 Å². The van der Waals surface area contributed by atoms with Crippen molar-refractivity contribution in [2.45, 2.75) is 207 Å². The zero-order valence-electron chi connectivity index (χ0n) is 40.3. The molecule has 0 radical (unpaired) electrons. The number of rotatable bonds is 43. The second-order valence-electron chi connectivity index (χ2n) is 16.1. The average molecular weight is 871 g/mol.